The van der Waals surface area contributed by atoms with Gasteiger partial charge in [0.15, 0.2) is 5.78 Å². The van der Waals surface area contributed by atoms with Gasteiger partial charge in [-0.25, -0.2) is 0 Å². The zero-order chi connectivity index (χ0) is 14.4. The fraction of sp³-hybridized carbons (Fsp3) is 0.588. The molecule has 1 aromatic carbocycles. The molecule has 1 aliphatic carbocycles. The molecule has 1 aromatic rings. The summed E-state index contributed by atoms with van der Waals surface area (Å²) in [5, 5.41) is 8.99. The van der Waals surface area contributed by atoms with Gasteiger partial charge in [0.1, 0.15) is 0 Å². The molecule has 0 radical (unpaired) electrons. The second-order valence-corrected chi connectivity index (χ2v) is 5.69. The van der Waals surface area contributed by atoms with Gasteiger partial charge in [0.2, 0.25) is 0 Å². The van der Waals surface area contributed by atoms with Gasteiger partial charge in [-0.2, -0.15) is 0 Å². The van der Waals surface area contributed by atoms with Gasteiger partial charge >= 0.3 is 0 Å². The minimum absolute atomic E-state index is 0.231. The quantitative estimate of drug-likeness (QED) is 0.742. The molecule has 0 heterocycles. The number of Topliss-reactive ketones (excluding diaryl/α,β-unsaturated/α-hetero) is 1. The highest BCUT2D eigenvalue weighted by atomic mass is 16.3. The first-order valence-corrected chi connectivity index (χ1v) is 7.66. The van der Waals surface area contributed by atoms with E-state index >= 15 is 0 Å². The van der Waals surface area contributed by atoms with Gasteiger partial charge in [0, 0.05) is 37.7 Å². The zero-order valence-electron chi connectivity index (χ0n) is 12.3. The number of rotatable bonds is 8. The molecular formula is C17H25NO2. The summed E-state index contributed by atoms with van der Waals surface area (Å²) in [5.41, 5.74) is 1.91. The van der Waals surface area contributed by atoms with Crippen LogP contribution in [0.3, 0.4) is 0 Å². The van der Waals surface area contributed by atoms with Crippen LogP contribution in [-0.2, 0) is 0 Å². The molecule has 2 rings (SSSR count). The average molecular weight is 275 g/mol. The Balaban J connectivity index is 1.88. The molecule has 1 N–H and O–H groups in total. The van der Waals surface area contributed by atoms with Crippen LogP contribution in [0.2, 0.25) is 0 Å². The van der Waals surface area contributed by atoms with Crippen LogP contribution in [0.25, 0.3) is 0 Å². The molecule has 0 saturated heterocycles. The van der Waals surface area contributed by atoms with Crippen LogP contribution >= 0.6 is 0 Å². The summed E-state index contributed by atoms with van der Waals surface area (Å²) in [7, 11) is 0. The van der Waals surface area contributed by atoms with Gasteiger partial charge in [-0.3, -0.25) is 9.69 Å². The Morgan fingerprint density at radius 1 is 1.30 bits per heavy atom. The molecule has 3 nitrogen and oxygen atoms in total. The van der Waals surface area contributed by atoms with Crippen molar-refractivity contribution in [3.05, 3.63) is 35.4 Å². The first-order chi connectivity index (χ1) is 9.72. The molecule has 0 bridgehead atoms. The molecule has 1 fully saturated rings. The van der Waals surface area contributed by atoms with E-state index in [4.69, 9.17) is 5.11 Å². The zero-order valence-corrected chi connectivity index (χ0v) is 12.3. The van der Waals surface area contributed by atoms with Crippen molar-refractivity contribution < 1.29 is 9.90 Å². The average Bonchev–Trinajstić information content (AvgIpc) is 2.39. The summed E-state index contributed by atoms with van der Waals surface area (Å²) in [6.07, 6.45) is 5.15. The molecule has 0 aliphatic heterocycles. The van der Waals surface area contributed by atoms with Crippen LogP contribution in [0.4, 0.5) is 0 Å². The highest BCUT2D eigenvalue weighted by Crippen LogP contribution is 2.25. The molecule has 0 unspecified atom stereocenters. The predicted octanol–water partition coefficient (Wildman–Crippen LogP) is 2.80. The molecule has 3 heteroatoms. The van der Waals surface area contributed by atoms with E-state index in [0.717, 1.165) is 30.6 Å². The van der Waals surface area contributed by atoms with Crippen molar-refractivity contribution in [3.8, 4) is 0 Å². The third-order valence-electron chi connectivity index (χ3n) is 4.27. The fourth-order valence-corrected chi connectivity index (χ4v) is 2.77. The van der Waals surface area contributed by atoms with Crippen molar-refractivity contribution >= 4 is 5.78 Å². The number of aliphatic hydroxyl groups is 1. The van der Waals surface area contributed by atoms with Crippen molar-refractivity contribution in [1.82, 2.24) is 4.90 Å². The van der Waals surface area contributed by atoms with Crippen LogP contribution in [-0.4, -0.2) is 41.5 Å². The summed E-state index contributed by atoms with van der Waals surface area (Å²) in [6.45, 7) is 3.94. The second-order valence-electron chi connectivity index (χ2n) is 5.69. The van der Waals surface area contributed by atoms with Crippen LogP contribution in [0, 0.1) is 6.92 Å². The lowest BCUT2D eigenvalue weighted by molar-refractivity contribution is 0.0887. The number of carbonyl (C=O) groups is 1. The Hall–Kier alpha value is -1.19. The summed E-state index contributed by atoms with van der Waals surface area (Å²) in [5.74, 6) is 0.233. The maximum Gasteiger partial charge on any atom is 0.164 e. The molecule has 0 spiro atoms. The topological polar surface area (TPSA) is 40.5 Å². The number of hydrogen-bond donors (Lipinski definition) is 1. The van der Waals surface area contributed by atoms with Gasteiger partial charge in [0.05, 0.1) is 0 Å². The Morgan fingerprint density at radius 2 is 2.05 bits per heavy atom. The van der Waals surface area contributed by atoms with E-state index in [1.807, 2.05) is 31.2 Å². The van der Waals surface area contributed by atoms with E-state index in [1.54, 1.807) is 0 Å². The summed E-state index contributed by atoms with van der Waals surface area (Å²) < 4.78 is 0. The van der Waals surface area contributed by atoms with Crippen molar-refractivity contribution in [3.63, 3.8) is 0 Å². The van der Waals surface area contributed by atoms with Gasteiger partial charge in [-0.05, 0) is 31.7 Å². The van der Waals surface area contributed by atoms with Gasteiger partial charge in [0.25, 0.3) is 0 Å². The molecule has 0 amide bonds. The smallest absolute Gasteiger partial charge is 0.164 e. The lowest BCUT2D eigenvalue weighted by atomic mass is 9.91. The predicted molar refractivity (Wildman–Crippen MR) is 81.0 cm³/mol. The second kappa shape index (κ2) is 7.55. The molecule has 1 saturated carbocycles. The largest absolute Gasteiger partial charge is 0.396 e. The Labute approximate surface area is 121 Å². The highest BCUT2D eigenvalue weighted by molar-refractivity contribution is 5.97. The standard InChI is InChI=1S/C17H25NO2/c1-14-6-2-3-9-16(14)17(20)10-12-18(11-5-13-19)15-7-4-8-15/h2-3,6,9,15,19H,4-5,7-8,10-13H2,1H3. The molecule has 1 aliphatic rings. The van der Waals surface area contributed by atoms with E-state index in [-0.39, 0.29) is 12.4 Å². The molecular weight excluding hydrogens is 250 g/mol. The Bertz CT molecular complexity index is 440. The third kappa shape index (κ3) is 3.90. The van der Waals surface area contributed by atoms with Crippen LogP contribution < -0.4 is 0 Å². The van der Waals surface area contributed by atoms with Crippen molar-refractivity contribution in [2.45, 2.75) is 45.1 Å². The number of nitrogens with zero attached hydrogens (tertiary/aromatic N) is 1. The van der Waals surface area contributed by atoms with E-state index in [1.165, 1.54) is 19.3 Å². The van der Waals surface area contributed by atoms with Crippen molar-refractivity contribution in [2.75, 3.05) is 19.7 Å². The lowest BCUT2D eigenvalue weighted by Crippen LogP contribution is -2.42. The van der Waals surface area contributed by atoms with E-state index in [9.17, 15) is 4.79 Å². The number of benzene rings is 1. The summed E-state index contributed by atoms with van der Waals surface area (Å²) in [4.78, 5) is 14.7. The normalized spacial score (nSPS) is 15.3. The minimum atomic E-state index is 0.231. The van der Waals surface area contributed by atoms with Gasteiger partial charge < -0.3 is 5.11 Å². The van der Waals surface area contributed by atoms with Crippen LogP contribution in [0.5, 0.6) is 0 Å². The van der Waals surface area contributed by atoms with Crippen LogP contribution in [0.1, 0.15) is 48.0 Å². The summed E-state index contributed by atoms with van der Waals surface area (Å²) in [6, 6.07) is 8.43. The highest BCUT2D eigenvalue weighted by Gasteiger charge is 2.24. The van der Waals surface area contributed by atoms with Gasteiger partial charge in [-0.1, -0.05) is 30.7 Å². The number of aryl methyl sites for hydroxylation is 1. The number of aliphatic hydroxyl groups excluding tert-OH is 1. The molecule has 0 atom stereocenters. The molecule has 0 aromatic heterocycles. The fourth-order valence-electron chi connectivity index (χ4n) is 2.77. The maximum atomic E-state index is 12.3. The number of carbonyl (C=O) groups excluding carboxylic acids is 1. The monoisotopic (exact) mass is 275 g/mol. The minimum Gasteiger partial charge on any atom is -0.396 e. The first kappa shape index (κ1) is 15.2. The lowest BCUT2D eigenvalue weighted by Gasteiger charge is -2.37. The van der Waals surface area contributed by atoms with E-state index in [0.29, 0.717) is 12.5 Å². The third-order valence-corrected chi connectivity index (χ3v) is 4.27. The maximum absolute atomic E-state index is 12.3. The molecule has 110 valence electrons. The SMILES string of the molecule is Cc1ccccc1C(=O)CCN(CCCO)C1CCC1. The Morgan fingerprint density at radius 3 is 2.65 bits per heavy atom. The van der Waals surface area contributed by atoms with Crippen LogP contribution in [0.15, 0.2) is 24.3 Å². The van der Waals surface area contributed by atoms with Crippen molar-refractivity contribution in [1.29, 1.82) is 0 Å². The number of ketones is 1. The Kier molecular flexibility index (Phi) is 5.74. The summed E-state index contributed by atoms with van der Waals surface area (Å²) >= 11 is 0. The van der Waals surface area contributed by atoms with E-state index < -0.39 is 0 Å². The van der Waals surface area contributed by atoms with Gasteiger partial charge in [-0.15, -0.1) is 0 Å². The number of hydrogen-bond acceptors (Lipinski definition) is 3. The van der Waals surface area contributed by atoms with E-state index in [2.05, 4.69) is 4.90 Å². The first-order valence-electron chi connectivity index (χ1n) is 7.66. The molecule has 20 heavy (non-hydrogen) atoms. The van der Waals surface area contributed by atoms with Crippen molar-refractivity contribution in [2.24, 2.45) is 0 Å².